The molecule has 0 bridgehead atoms. The minimum absolute atomic E-state index is 0.0686. The number of carbonyl (C=O) groups excluding carboxylic acids is 1. The van der Waals surface area contributed by atoms with Crippen LogP contribution in [0.15, 0.2) is 63.9 Å². The third-order valence-corrected chi connectivity index (χ3v) is 8.09. The fourth-order valence-corrected chi connectivity index (χ4v) is 6.16. The number of anilines is 2. The summed E-state index contributed by atoms with van der Waals surface area (Å²) >= 11 is 2.80. The summed E-state index contributed by atoms with van der Waals surface area (Å²) in [4.78, 5) is 29.3. The SMILES string of the molecule is Cc1ccc(-c2csc3c2c(=O)n(CC(C)C)c2nnc(SCC(=O)Nc4ccc(N(C)C)cc4)n32)cc1. The molecule has 0 radical (unpaired) electrons. The van der Waals surface area contributed by atoms with E-state index in [0.29, 0.717) is 22.9 Å². The van der Waals surface area contributed by atoms with Crippen LogP contribution < -0.4 is 15.8 Å². The maximum absolute atomic E-state index is 13.8. The Kier molecular flexibility index (Phi) is 7.27. The zero-order valence-corrected chi connectivity index (χ0v) is 23.7. The average molecular weight is 547 g/mol. The van der Waals surface area contributed by atoms with Crippen LogP contribution in [0.2, 0.25) is 0 Å². The highest BCUT2D eigenvalue weighted by Crippen LogP contribution is 2.34. The summed E-state index contributed by atoms with van der Waals surface area (Å²) in [7, 11) is 3.95. The Morgan fingerprint density at radius 1 is 1.08 bits per heavy atom. The van der Waals surface area contributed by atoms with Crippen molar-refractivity contribution in [3.8, 4) is 11.1 Å². The van der Waals surface area contributed by atoms with Gasteiger partial charge in [0.1, 0.15) is 4.83 Å². The summed E-state index contributed by atoms with van der Waals surface area (Å²) in [6.45, 7) is 6.71. The van der Waals surface area contributed by atoms with Crippen molar-refractivity contribution in [1.29, 1.82) is 0 Å². The molecule has 0 aliphatic carbocycles. The van der Waals surface area contributed by atoms with Gasteiger partial charge in [0.2, 0.25) is 11.7 Å². The first-order valence-electron chi connectivity index (χ1n) is 12.4. The zero-order chi connectivity index (χ0) is 27.0. The van der Waals surface area contributed by atoms with Crippen molar-refractivity contribution in [2.75, 3.05) is 30.1 Å². The van der Waals surface area contributed by atoms with E-state index in [4.69, 9.17) is 0 Å². The van der Waals surface area contributed by atoms with Crippen LogP contribution in [0, 0.1) is 12.8 Å². The van der Waals surface area contributed by atoms with Gasteiger partial charge in [0.15, 0.2) is 5.16 Å². The average Bonchev–Trinajstić information content (AvgIpc) is 3.50. The van der Waals surface area contributed by atoms with E-state index in [1.165, 1.54) is 23.1 Å². The molecule has 0 fully saturated rings. The van der Waals surface area contributed by atoms with Crippen LogP contribution >= 0.6 is 23.1 Å². The minimum Gasteiger partial charge on any atom is -0.378 e. The summed E-state index contributed by atoms with van der Waals surface area (Å²) in [6, 6.07) is 15.9. The maximum atomic E-state index is 13.8. The first-order chi connectivity index (χ1) is 18.2. The monoisotopic (exact) mass is 546 g/mol. The maximum Gasteiger partial charge on any atom is 0.264 e. The molecule has 0 saturated heterocycles. The summed E-state index contributed by atoms with van der Waals surface area (Å²) in [5.41, 5.74) is 4.79. The van der Waals surface area contributed by atoms with E-state index >= 15 is 0 Å². The second-order valence-electron chi connectivity index (χ2n) is 9.90. The molecule has 0 aliphatic rings. The molecule has 1 N–H and O–H groups in total. The lowest BCUT2D eigenvalue weighted by Gasteiger charge is -2.13. The lowest BCUT2D eigenvalue weighted by Crippen LogP contribution is -2.25. The van der Waals surface area contributed by atoms with E-state index in [9.17, 15) is 9.59 Å². The predicted octanol–water partition coefficient (Wildman–Crippen LogP) is 5.53. The molecule has 196 valence electrons. The van der Waals surface area contributed by atoms with Crippen LogP contribution in [0.5, 0.6) is 0 Å². The number of fused-ring (bicyclic) bond motifs is 3. The molecule has 10 heteroatoms. The van der Waals surface area contributed by atoms with Gasteiger partial charge in [-0.15, -0.1) is 21.5 Å². The van der Waals surface area contributed by atoms with Gasteiger partial charge in [0.05, 0.1) is 11.1 Å². The summed E-state index contributed by atoms with van der Waals surface area (Å²) in [5.74, 6) is 0.767. The Labute approximate surface area is 229 Å². The van der Waals surface area contributed by atoms with Crippen LogP contribution in [0.25, 0.3) is 27.1 Å². The van der Waals surface area contributed by atoms with E-state index < -0.39 is 0 Å². The summed E-state index contributed by atoms with van der Waals surface area (Å²) < 4.78 is 3.63. The van der Waals surface area contributed by atoms with E-state index in [1.807, 2.05) is 72.1 Å². The number of rotatable bonds is 8. The molecule has 5 aromatic rings. The van der Waals surface area contributed by atoms with E-state index in [1.54, 1.807) is 4.57 Å². The topological polar surface area (TPSA) is 84.5 Å². The Balaban J connectivity index is 1.50. The molecule has 0 atom stereocenters. The van der Waals surface area contributed by atoms with Crippen molar-refractivity contribution < 1.29 is 4.79 Å². The van der Waals surface area contributed by atoms with Crippen LogP contribution in [0.4, 0.5) is 11.4 Å². The second-order valence-corrected chi connectivity index (χ2v) is 11.7. The normalized spacial score (nSPS) is 11.5. The Morgan fingerprint density at radius 3 is 2.45 bits per heavy atom. The molecule has 38 heavy (non-hydrogen) atoms. The Bertz CT molecular complexity index is 1660. The third-order valence-electron chi connectivity index (χ3n) is 6.20. The number of hydrogen-bond acceptors (Lipinski definition) is 7. The fourth-order valence-electron chi connectivity index (χ4n) is 4.30. The van der Waals surface area contributed by atoms with Crippen molar-refractivity contribution in [2.45, 2.75) is 32.5 Å². The van der Waals surface area contributed by atoms with E-state index in [2.05, 4.69) is 41.5 Å². The molecular formula is C28H30N6O2S2. The molecule has 2 aromatic carbocycles. The van der Waals surface area contributed by atoms with Crippen molar-refractivity contribution in [3.63, 3.8) is 0 Å². The molecule has 0 saturated carbocycles. The molecule has 8 nitrogen and oxygen atoms in total. The van der Waals surface area contributed by atoms with Gasteiger partial charge in [0, 0.05) is 43.0 Å². The predicted molar refractivity (Wildman–Crippen MR) is 158 cm³/mol. The third kappa shape index (κ3) is 5.06. The smallest absolute Gasteiger partial charge is 0.264 e. The number of benzene rings is 2. The molecule has 0 spiro atoms. The first-order valence-corrected chi connectivity index (χ1v) is 14.3. The van der Waals surface area contributed by atoms with Gasteiger partial charge < -0.3 is 10.2 Å². The second kappa shape index (κ2) is 10.6. The number of thioether (sulfide) groups is 1. The van der Waals surface area contributed by atoms with Gasteiger partial charge in [-0.25, -0.2) is 4.40 Å². The largest absolute Gasteiger partial charge is 0.378 e. The number of amides is 1. The molecule has 3 heterocycles. The quantitative estimate of drug-likeness (QED) is 0.258. The van der Waals surface area contributed by atoms with Crippen LogP contribution in [0.3, 0.4) is 0 Å². The van der Waals surface area contributed by atoms with E-state index in [-0.39, 0.29) is 23.1 Å². The molecule has 0 aliphatic heterocycles. The van der Waals surface area contributed by atoms with Gasteiger partial charge in [-0.05, 0) is 42.7 Å². The molecule has 0 unspecified atom stereocenters. The highest BCUT2D eigenvalue weighted by molar-refractivity contribution is 7.99. The minimum atomic E-state index is -0.136. The highest BCUT2D eigenvalue weighted by Gasteiger charge is 2.22. The lowest BCUT2D eigenvalue weighted by atomic mass is 10.0. The number of aromatic nitrogens is 4. The highest BCUT2D eigenvalue weighted by atomic mass is 32.2. The molecule has 3 aromatic heterocycles. The van der Waals surface area contributed by atoms with Crippen molar-refractivity contribution >= 4 is 56.4 Å². The molecular weight excluding hydrogens is 516 g/mol. The van der Waals surface area contributed by atoms with Crippen molar-refractivity contribution in [3.05, 3.63) is 69.8 Å². The summed E-state index contributed by atoms with van der Waals surface area (Å²) in [5, 5.41) is 15.0. The van der Waals surface area contributed by atoms with Crippen molar-refractivity contribution in [2.24, 2.45) is 5.92 Å². The molecule has 5 rings (SSSR count). The van der Waals surface area contributed by atoms with Crippen LogP contribution in [0.1, 0.15) is 19.4 Å². The zero-order valence-electron chi connectivity index (χ0n) is 22.1. The molecule has 1 amide bonds. The van der Waals surface area contributed by atoms with Crippen LogP contribution in [-0.4, -0.2) is 44.9 Å². The first kappa shape index (κ1) is 26.0. The van der Waals surface area contributed by atoms with Gasteiger partial charge in [-0.3, -0.25) is 14.2 Å². The van der Waals surface area contributed by atoms with Gasteiger partial charge in [-0.1, -0.05) is 55.4 Å². The Hall–Kier alpha value is -3.63. The van der Waals surface area contributed by atoms with Gasteiger partial charge >= 0.3 is 0 Å². The van der Waals surface area contributed by atoms with Gasteiger partial charge in [0.25, 0.3) is 5.56 Å². The number of thiophene rings is 1. The number of aryl methyl sites for hydroxylation is 1. The Morgan fingerprint density at radius 2 is 1.79 bits per heavy atom. The number of hydrogen-bond donors (Lipinski definition) is 1. The van der Waals surface area contributed by atoms with Crippen molar-refractivity contribution in [1.82, 2.24) is 19.2 Å². The van der Waals surface area contributed by atoms with Gasteiger partial charge in [-0.2, -0.15) is 0 Å². The number of nitrogens with one attached hydrogen (secondary N) is 1. The van der Waals surface area contributed by atoms with Crippen LogP contribution in [-0.2, 0) is 11.3 Å². The van der Waals surface area contributed by atoms with E-state index in [0.717, 1.165) is 32.9 Å². The fraction of sp³-hybridized carbons (Fsp3) is 0.286. The summed E-state index contributed by atoms with van der Waals surface area (Å²) in [6.07, 6.45) is 0. The lowest BCUT2D eigenvalue weighted by molar-refractivity contribution is -0.113. The standard InChI is InChI=1S/C28H30N6O2S2/c1-17(2)14-33-25(36)24-22(19-8-6-18(3)7-9-19)15-37-26(24)34-27(33)30-31-28(34)38-16-23(35)29-20-10-12-21(13-11-20)32(4)5/h6-13,15,17H,14,16H2,1-5H3,(H,29,35). The number of carbonyl (C=O) groups is 1. The number of nitrogens with zero attached hydrogens (tertiary/aromatic N) is 5.